The Labute approximate surface area is 76.3 Å². The van der Waals surface area contributed by atoms with E-state index in [1.807, 2.05) is 0 Å². The van der Waals surface area contributed by atoms with Crippen molar-refractivity contribution in [2.24, 2.45) is 0 Å². The summed E-state index contributed by atoms with van der Waals surface area (Å²) in [5.41, 5.74) is 0. The third-order valence-corrected chi connectivity index (χ3v) is 1.19. The molecule has 0 radical (unpaired) electrons. The summed E-state index contributed by atoms with van der Waals surface area (Å²) in [6.45, 7) is 1.09. The van der Waals surface area contributed by atoms with Crippen LogP contribution >= 0.6 is 0 Å². The first-order valence-electron chi connectivity index (χ1n) is 3.93. The van der Waals surface area contributed by atoms with Crippen molar-refractivity contribution < 1.29 is 19.4 Å². The van der Waals surface area contributed by atoms with E-state index >= 15 is 0 Å². The van der Waals surface area contributed by atoms with Gasteiger partial charge in [0.15, 0.2) is 0 Å². The second-order valence-corrected chi connectivity index (χ2v) is 2.19. The molecule has 0 aliphatic rings. The maximum atomic E-state index is 10.5. The molecule has 0 heterocycles. The summed E-state index contributed by atoms with van der Waals surface area (Å²) in [6.07, 6.45) is 0.594. The van der Waals surface area contributed by atoms with E-state index < -0.39 is 12.5 Å². The third-order valence-electron chi connectivity index (χ3n) is 1.19. The molecule has 0 aromatic carbocycles. The molecule has 2 amide bonds. The molecule has 0 aromatic rings. The Kier molecular flexibility index (Phi) is 8.17. The summed E-state index contributed by atoms with van der Waals surface area (Å²) in [5.74, 6) is -0.422. The summed E-state index contributed by atoms with van der Waals surface area (Å²) in [5, 5.41) is 13.2. The van der Waals surface area contributed by atoms with Gasteiger partial charge in [-0.15, -0.1) is 0 Å². The quantitative estimate of drug-likeness (QED) is 0.301. The first-order valence-corrected chi connectivity index (χ1v) is 3.93. The van der Waals surface area contributed by atoms with Gasteiger partial charge in [-0.2, -0.15) is 0 Å². The van der Waals surface area contributed by atoms with Gasteiger partial charge >= 0.3 is 0 Å². The summed E-state index contributed by atoms with van der Waals surface area (Å²) < 4.78 is 5.01. The van der Waals surface area contributed by atoms with Crippen LogP contribution in [0, 0.1) is 0 Å². The summed E-state index contributed by atoms with van der Waals surface area (Å²) >= 11 is 0. The molecule has 6 heteroatoms. The minimum Gasteiger partial charge on any atom is -0.387 e. The second-order valence-electron chi connectivity index (χ2n) is 2.19. The van der Waals surface area contributed by atoms with Gasteiger partial charge in [-0.25, -0.2) is 0 Å². The molecule has 0 aromatic heterocycles. The van der Waals surface area contributed by atoms with Crippen LogP contribution in [-0.4, -0.2) is 50.3 Å². The van der Waals surface area contributed by atoms with Gasteiger partial charge < -0.3 is 20.5 Å². The topological polar surface area (TPSA) is 87.7 Å². The molecular formula is C7H14N2O4. The van der Waals surface area contributed by atoms with Gasteiger partial charge in [0, 0.05) is 13.1 Å². The molecule has 6 nitrogen and oxygen atoms in total. The number of amides is 2. The zero-order valence-electron chi connectivity index (χ0n) is 7.28. The van der Waals surface area contributed by atoms with Crippen LogP contribution < -0.4 is 10.6 Å². The van der Waals surface area contributed by atoms with Gasteiger partial charge in [-0.3, -0.25) is 9.59 Å². The Bertz CT molecular complexity index is 151. The van der Waals surface area contributed by atoms with E-state index in [4.69, 9.17) is 9.84 Å². The maximum absolute atomic E-state index is 10.5. The average molecular weight is 190 g/mol. The molecule has 0 fully saturated rings. The predicted molar refractivity (Wildman–Crippen MR) is 45.0 cm³/mol. The Hall–Kier alpha value is -1.14. The van der Waals surface area contributed by atoms with E-state index in [1.165, 1.54) is 0 Å². The molecule has 0 rings (SSSR count). The average Bonchev–Trinajstić information content (AvgIpc) is 2.16. The van der Waals surface area contributed by atoms with Crippen molar-refractivity contribution in [3.8, 4) is 0 Å². The fourth-order valence-corrected chi connectivity index (χ4v) is 0.611. The lowest BCUT2D eigenvalue weighted by Crippen LogP contribution is -2.30. The van der Waals surface area contributed by atoms with Gasteiger partial charge in [0.2, 0.25) is 12.3 Å². The van der Waals surface area contributed by atoms with Gasteiger partial charge in [0.1, 0.15) is 6.61 Å². The molecule has 0 atom stereocenters. The van der Waals surface area contributed by atoms with Crippen LogP contribution in [0.25, 0.3) is 0 Å². The van der Waals surface area contributed by atoms with Gasteiger partial charge in [0.25, 0.3) is 0 Å². The SMILES string of the molecule is O=CNCCOCCNC(=O)CO. The van der Waals surface area contributed by atoms with Crippen LogP contribution in [0.4, 0.5) is 0 Å². The molecule has 0 aliphatic carbocycles. The lowest BCUT2D eigenvalue weighted by Gasteiger charge is -2.04. The Morgan fingerprint density at radius 3 is 2.69 bits per heavy atom. The number of nitrogens with one attached hydrogen (secondary N) is 2. The first-order chi connectivity index (χ1) is 6.31. The molecular weight excluding hydrogens is 176 g/mol. The Morgan fingerprint density at radius 2 is 2.08 bits per heavy atom. The molecule has 76 valence electrons. The lowest BCUT2D eigenvalue weighted by atomic mass is 10.6. The minimum atomic E-state index is -0.507. The highest BCUT2D eigenvalue weighted by atomic mass is 16.5. The number of hydrogen-bond acceptors (Lipinski definition) is 4. The summed E-state index contributed by atoms with van der Waals surface area (Å²) in [6, 6.07) is 0. The standard InChI is InChI=1S/C7H14N2O4/c10-5-7(12)9-2-4-13-3-1-8-6-11/h6,10H,1-5H2,(H,8,11)(H,9,12). The fraction of sp³-hybridized carbons (Fsp3) is 0.714. The predicted octanol–water partition coefficient (Wildman–Crippen LogP) is -2.14. The number of aliphatic hydroxyl groups is 1. The highest BCUT2D eigenvalue weighted by molar-refractivity contribution is 5.76. The van der Waals surface area contributed by atoms with Gasteiger partial charge in [-0.05, 0) is 0 Å². The Morgan fingerprint density at radius 1 is 1.38 bits per heavy atom. The second kappa shape index (κ2) is 8.95. The van der Waals surface area contributed by atoms with Crippen LogP contribution in [0.3, 0.4) is 0 Å². The summed E-state index contributed by atoms with van der Waals surface area (Å²) in [4.78, 5) is 20.2. The molecule has 0 saturated heterocycles. The molecule has 0 aliphatic heterocycles. The van der Waals surface area contributed by atoms with Crippen LogP contribution in [0.5, 0.6) is 0 Å². The Balaban J connectivity index is 2.99. The minimum absolute atomic E-state index is 0.362. The smallest absolute Gasteiger partial charge is 0.245 e. The van der Waals surface area contributed by atoms with Crippen molar-refractivity contribution in [1.29, 1.82) is 0 Å². The van der Waals surface area contributed by atoms with Crippen molar-refractivity contribution in [1.82, 2.24) is 10.6 Å². The highest BCUT2D eigenvalue weighted by Gasteiger charge is 1.95. The lowest BCUT2D eigenvalue weighted by molar-refractivity contribution is -0.124. The zero-order chi connectivity index (χ0) is 9.94. The molecule has 0 unspecified atom stereocenters. The summed E-state index contributed by atoms with van der Waals surface area (Å²) in [7, 11) is 0. The van der Waals surface area contributed by atoms with Crippen LogP contribution in [-0.2, 0) is 14.3 Å². The molecule has 0 bridgehead atoms. The number of aliphatic hydroxyl groups excluding tert-OH is 1. The number of hydrogen-bond donors (Lipinski definition) is 3. The van der Waals surface area contributed by atoms with E-state index in [9.17, 15) is 9.59 Å². The zero-order valence-corrected chi connectivity index (χ0v) is 7.28. The largest absolute Gasteiger partial charge is 0.387 e. The van der Waals surface area contributed by atoms with E-state index in [2.05, 4.69) is 10.6 Å². The van der Waals surface area contributed by atoms with Gasteiger partial charge in [0.05, 0.1) is 13.2 Å². The van der Waals surface area contributed by atoms with Gasteiger partial charge in [-0.1, -0.05) is 0 Å². The van der Waals surface area contributed by atoms with Crippen LogP contribution in [0.15, 0.2) is 0 Å². The highest BCUT2D eigenvalue weighted by Crippen LogP contribution is 1.71. The molecule has 13 heavy (non-hydrogen) atoms. The van der Waals surface area contributed by atoms with E-state index in [0.717, 1.165) is 0 Å². The number of carbonyl (C=O) groups excluding carboxylic acids is 2. The van der Waals surface area contributed by atoms with Crippen molar-refractivity contribution in [3.05, 3.63) is 0 Å². The normalized spacial score (nSPS) is 9.31. The number of ether oxygens (including phenoxy) is 1. The van der Waals surface area contributed by atoms with E-state index in [0.29, 0.717) is 32.7 Å². The molecule has 0 saturated carbocycles. The van der Waals surface area contributed by atoms with Crippen LogP contribution in [0.1, 0.15) is 0 Å². The third kappa shape index (κ3) is 8.77. The van der Waals surface area contributed by atoms with E-state index in [-0.39, 0.29) is 0 Å². The van der Waals surface area contributed by atoms with E-state index in [1.54, 1.807) is 0 Å². The number of rotatable bonds is 8. The fourth-order valence-electron chi connectivity index (χ4n) is 0.611. The molecule has 0 spiro atoms. The van der Waals surface area contributed by atoms with Crippen molar-refractivity contribution in [2.45, 2.75) is 0 Å². The van der Waals surface area contributed by atoms with Crippen LogP contribution in [0.2, 0.25) is 0 Å². The first kappa shape index (κ1) is 11.9. The van der Waals surface area contributed by atoms with Crippen molar-refractivity contribution in [2.75, 3.05) is 32.9 Å². The van der Waals surface area contributed by atoms with Crippen molar-refractivity contribution in [3.63, 3.8) is 0 Å². The molecule has 3 N–H and O–H groups in total. The monoisotopic (exact) mass is 190 g/mol. The maximum Gasteiger partial charge on any atom is 0.245 e. The van der Waals surface area contributed by atoms with Crippen molar-refractivity contribution >= 4 is 12.3 Å². The number of carbonyl (C=O) groups is 2.